The first-order chi connectivity index (χ1) is 17.2. The minimum absolute atomic E-state index is 0.281. The van der Waals surface area contributed by atoms with Crippen LogP contribution in [0.1, 0.15) is 63.1 Å². The van der Waals surface area contributed by atoms with E-state index in [0.717, 1.165) is 79.0 Å². The van der Waals surface area contributed by atoms with Crippen LogP contribution in [-0.2, 0) is 17.6 Å². The van der Waals surface area contributed by atoms with Crippen molar-refractivity contribution in [2.24, 2.45) is 0 Å². The lowest BCUT2D eigenvalue weighted by atomic mass is 9.99. The number of ether oxygens (including phenoxy) is 1. The molecule has 2 heterocycles. The van der Waals surface area contributed by atoms with E-state index in [9.17, 15) is 4.79 Å². The Morgan fingerprint density at radius 3 is 2.37 bits per heavy atom. The Kier molecular flexibility index (Phi) is 8.94. The number of hydrogen-bond acceptors (Lipinski definition) is 3. The summed E-state index contributed by atoms with van der Waals surface area (Å²) in [6.45, 7) is 3.81. The Hall–Kier alpha value is -3.14. The number of aromatic nitrogens is 1. The van der Waals surface area contributed by atoms with Crippen molar-refractivity contribution >= 4 is 5.91 Å². The van der Waals surface area contributed by atoms with Crippen molar-refractivity contribution in [1.29, 1.82) is 0 Å². The molecule has 1 saturated heterocycles. The molecule has 184 valence electrons. The third-order valence-corrected chi connectivity index (χ3v) is 6.98. The number of aryl methyl sites for hydroxylation is 1. The maximum atomic E-state index is 12.6. The summed E-state index contributed by atoms with van der Waals surface area (Å²) in [4.78, 5) is 19.7. The van der Waals surface area contributed by atoms with Gasteiger partial charge in [0.05, 0.1) is 18.5 Å². The Bertz CT molecular complexity index is 1090. The lowest BCUT2D eigenvalue weighted by Gasteiger charge is -2.21. The van der Waals surface area contributed by atoms with E-state index >= 15 is 0 Å². The van der Waals surface area contributed by atoms with Crippen LogP contribution >= 0.6 is 0 Å². The smallest absolute Gasteiger partial charge is 0.222 e. The predicted octanol–water partition coefficient (Wildman–Crippen LogP) is 7.10. The Morgan fingerprint density at radius 1 is 0.857 bits per heavy atom. The van der Waals surface area contributed by atoms with Gasteiger partial charge in [-0.05, 0) is 55.0 Å². The van der Waals surface area contributed by atoms with Crippen molar-refractivity contribution < 1.29 is 9.53 Å². The van der Waals surface area contributed by atoms with Crippen molar-refractivity contribution in [3.8, 4) is 28.1 Å². The van der Waals surface area contributed by atoms with Gasteiger partial charge in [-0.2, -0.15) is 0 Å². The summed E-state index contributed by atoms with van der Waals surface area (Å²) in [5.41, 5.74) is 6.79. The largest absolute Gasteiger partial charge is 0.497 e. The van der Waals surface area contributed by atoms with Crippen LogP contribution in [-0.4, -0.2) is 36.0 Å². The molecule has 4 rings (SSSR count). The van der Waals surface area contributed by atoms with E-state index in [1.807, 2.05) is 17.0 Å². The summed E-state index contributed by atoms with van der Waals surface area (Å²) in [5.74, 6) is 1.12. The predicted molar refractivity (Wildman–Crippen MR) is 144 cm³/mol. The number of benzene rings is 2. The second-order valence-electron chi connectivity index (χ2n) is 9.51. The maximum absolute atomic E-state index is 12.6. The molecule has 1 aliphatic rings. The zero-order chi connectivity index (χ0) is 24.5. The lowest BCUT2D eigenvalue weighted by Crippen LogP contribution is -2.32. The molecule has 0 saturated carbocycles. The number of hydrogen-bond donors (Lipinski definition) is 0. The molecule has 2 aromatic carbocycles. The number of methoxy groups -OCH3 is 1. The minimum Gasteiger partial charge on any atom is -0.497 e. The molecule has 1 amide bonds. The van der Waals surface area contributed by atoms with E-state index in [1.165, 1.54) is 24.8 Å². The highest BCUT2D eigenvalue weighted by Gasteiger charge is 2.18. The third-order valence-electron chi connectivity index (χ3n) is 6.98. The maximum Gasteiger partial charge on any atom is 0.222 e. The highest BCUT2D eigenvalue weighted by Crippen LogP contribution is 2.29. The summed E-state index contributed by atoms with van der Waals surface area (Å²) in [7, 11) is 1.68. The van der Waals surface area contributed by atoms with Crippen molar-refractivity contribution in [3.05, 3.63) is 71.9 Å². The van der Waals surface area contributed by atoms with Crippen LogP contribution < -0.4 is 4.74 Å². The van der Waals surface area contributed by atoms with Crippen LogP contribution in [0, 0.1) is 0 Å². The number of rotatable bonds is 10. The molecule has 3 aromatic rings. The van der Waals surface area contributed by atoms with E-state index in [4.69, 9.17) is 9.72 Å². The van der Waals surface area contributed by atoms with Gasteiger partial charge >= 0.3 is 0 Å². The van der Waals surface area contributed by atoms with Gasteiger partial charge in [-0.15, -0.1) is 0 Å². The zero-order valence-corrected chi connectivity index (χ0v) is 21.3. The van der Waals surface area contributed by atoms with E-state index < -0.39 is 0 Å². The fraction of sp³-hybridized carbons (Fsp3) is 0.419. The molecule has 0 bridgehead atoms. The van der Waals surface area contributed by atoms with E-state index in [2.05, 4.69) is 55.5 Å². The zero-order valence-electron chi connectivity index (χ0n) is 21.3. The molecular formula is C31H38N2O2. The molecular weight excluding hydrogens is 432 g/mol. The Morgan fingerprint density at radius 2 is 1.63 bits per heavy atom. The molecule has 0 spiro atoms. The van der Waals surface area contributed by atoms with Gasteiger partial charge in [0.1, 0.15) is 5.75 Å². The average Bonchev–Trinajstić information content (AvgIpc) is 3.11. The van der Waals surface area contributed by atoms with Gasteiger partial charge in [0.2, 0.25) is 5.91 Å². The summed E-state index contributed by atoms with van der Waals surface area (Å²) in [6, 6.07) is 21.3. The van der Waals surface area contributed by atoms with Crippen molar-refractivity contribution in [3.63, 3.8) is 0 Å². The summed E-state index contributed by atoms with van der Waals surface area (Å²) >= 11 is 0. The number of amides is 1. The normalized spacial score (nSPS) is 14.1. The highest BCUT2D eigenvalue weighted by molar-refractivity contribution is 5.76. The van der Waals surface area contributed by atoms with E-state index in [1.54, 1.807) is 7.11 Å². The van der Waals surface area contributed by atoms with Crippen molar-refractivity contribution in [2.75, 3.05) is 20.2 Å². The monoisotopic (exact) mass is 470 g/mol. The van der Waals surface area contributed by atoms with Crippen molar-refractivity contribution in [1.82, 2.24) is 9.88 Å². The fourth-order valence-electron chi connectivity index (χ4n) is 4.82. The number of pyridine rings is 1. The Labute approximate surface area is 210 Å². The van der Waals surface area contributed by atoms with Crippen LogP contribution in [0.25, 0.3) is 22.4 Å². The molecule has 4 nitrogen and oxygen atoms in total. The summed E-state index contributed by atoms with van der Waals surface area (Å²) < 4.78 is 5.34. The van der Waals surface area contributed by atoms with Crippen molar-refractivity contribution in [2.45, 2.75) is 64.7 Å². The van der Waals surface area contributed by atoms with Crippen LogP contribution in [0.3, 0.4) is 0 Å². The molecule has 0 radical (unpaired) electrons. The molecule has 0 unspecified atom stereocenters. The molecule has 35 heavy (non-hydrogen) atoms. The van der Waals surface area contributed by atoms with Gasteiger partial charge in [0.25, 0.3) is 0 Å². The molecule has 0 atom stereocenters. The van der Waals surface area contributed by atoms with E-state index in [0.29, 0.717) is 6.42 Å². The van der Waals surface area contributed by atoms with Gasteiger partial charge in [-0.3, -0.25) is 9.78 Å². The van der Waals surface area contributed by atoms with Gasteiger partial charge in [-0.1, -0.05) is 68.7 Å². The third kappa shape index (κ3) is 6.72. The first-order valence-corrected chi connectivity index (χ1v) is 13.2. The molecule has 1 fully saturated rings. The van der Waals surface area contributed by atoms with E-state index in [-0.39, 0.29) is 5.91 Å². The SMILES string of the molecule is CCCCCc1ccc(-c2ccc(-c3ccc(OC)cc3)c(CCN3CCCCCC3=O)n2)cc1. The second-order valence-corrected chi connectivity index (χ2v) is 9.51. The molecule has 1 aliphatic heterocycles. The van der Waals surface area contributed by atoms with Crippen LogP contribution in [0.4, 0.5) is 0 Å². The minimum atomic E-state index is 0.281. The van der Waals surface area contributed by atoms with Gasteiger partial charge < -0.3 is 9.64 Å². The first-order valence-electron chi connectivity index (χ1n) is 13.2. The van der Waals surface area contributed by atoms with Gasteiger partial charge in [-0.25, -0.2) is 0 Å². The van der Waals surface area contributed by atoms with Gasteiger partial charge in [0, 0.05) is 37.1 Å². The number of carbonyl (C=O) groups excluding carboxylic acids is 1. The summed E-state index contributed by atoms with van der Waals surface area (Å²) in [6.07, 6.45) is 9.55. The quantitative estimate of drug-likeness (QED) is 0.297. The number of unbranched alkanes of at least 4 members (excludes halogenated alkanes) is 2. The number of nitrogens with zero attached hydrogens (tertiary/aromatic N) is 2. The second kappa shape index (κ2) is 12.5. The number of likely N-dealkylation sites (tertiary alicyclic amines) is 1. The highest BCUT2D eigenvalue weighted by atomic mass is 16.5. The topological polar surface area (TPSA) is 42.4 Å². The fourth-order valence-corrected chi connectivity index (χ4v) is 4.82. The van der Waals surface area contributed by atoms with Gasteiger partial charge in [0.15, 0.2) is 0 Å². The number of carbonyl (C=O) groups is 1. The molecule has 0 N–H and O–H groups in total. The standard InChI is InChI=1S/C31H38N2O2/c1-3-4-6-9-24-11-13-26(14-12-24)29-20-19-28(25-15-17-27(35-2)18-16-25)30(32-29)21-23-33-22-8-5-7-10-31(33)34/h11-20H,3-10,21-23H2,1-2H3. The summed E-state index contributed by atoms with van der Waals surface area (Å²) in [5, 5.41) is 0. The first kappa shape index (κ1) is 25.0. The van der Waals surface area contributed by atoms with Crippen LogP contribution in [0.15, 0.2) is 60.7 Å². The molecule has 1 aromatic heterocycles. The molecule has 0 aliphatic carbocycles. The lowest BCUT2D eigenvalue weighted by molar-refractivity contribution is -0.130. The van der Waals surface area contributed by atoms with Crippen LogP contribution in [0.2, 0.25) is 0 Å². The molecule has 4 heteroatoms. The van der Waals surface area contributed by atoms with Crippen LogP contribution in [0.5, 0.6) is 5.75 Å². The Balaban J connectivity index is 1.59. The average molecular weight is 471 g/mol.